The first-order valence-corrected chi connectivity index (χ1v) is 10.4. The Balaban J connectivity index is 1.47. The van der Waals surface area contributed by atoms with Crippen LogP contribution in [0.3, 0.4) is 0 Å². The number of carbonyl (C=O) groups is 1. The van der Waals surface area contributed by atoms with Crippen molar-refractivity contribution in [2.24, 2.45) is 11.3 Å². The van der Waals surface area contributed by atoms with Gasteiger partial charge < -0.3 is 9.84 Å². The van der Waals surface area contributed by atoms with Gasteiger partial charge in [0.1, 0.15) is 0 Å². The zero-order valence-electron chi connectivity index (χ0n) is 14.3. The molecule has 2 atom stereocenters. The third-order valence-corrected chi connectivity index (χ3v) is 7.33. The van der Waals surface area contributed by atoms with Crippen molar-refractivity contribution in [3.8, 4) is 0 Å². The first-order chi connectivity index (χ1) is 11.9. The average molecular weight is 367 g/mol. The van der Waals surface area contributed by atoms with Crippen molar-refractivity contribution in [1.29, 1.82) is 0 Å². The van der Waals surface area contributed by atoms with Crippen LogP contribution in [0.4, 0.5) is 0 Å². The number of ether oxygens (including phenoxy) is 1. The van der Waals surface area contributed by atoms with Crippen LogP contribution in [-0.4, -0.2) is 49.2 Å². The number of benzene rings is 1. The third-order valence-electron chi connectivity index (χ3n) is 5.46. The van der Waals surface area contributed by atoms with E-state index in [4.69, 9.17) is 4.74 Å². The van der Waals surface area contributed by atoms with E-state index in [0.29, 0.717) is 32.6 Å². The van der Waals surface area contributed by atoms with E-state index < -0.39 is 21.4 Å². The lowest BCUT2D eigenvalue weighted by molar-refractivity contribution is -0.149. The van der Waals surface area contributed by atoms with E-state index in [1.165, 1.54) is 4.31 Å². The summed E-state index contributed by atoms with van der Waals surface area (Å²) in [6.45, 7) is 1.31. The Labute approximate surface area is 148 Å². The summed E-state index contributed by atoms with van der Waals surface area (Å²) in [7, 11) is -3.43. The molecule has 0 amide bonds. The first kappa shape index (κ1) is 18.4. The predicted molar refractivity (Wildman–Crippen MR) is 93.5 cm³/mol. The molecule has 1 N–H and O–H groups in total. The molecule has 1 aliphatic heterocycles. The van der Waals surface area contributed by atoms with Gasteiger partial charge in [-0.3, -0.25) is 4.79 Å². The lowest BCUT2D eigenvalue weighted by Crippen LogP contribution is -2.38. The van der Waals surface area contributed by atoms with Crippen LogP contribution in [0.15, 0.2) is 30.3 Å². The van der Waals surface area contributed by atoms with Crippen molar-refractivity contribution in [2.45, 2.75) is 32.3 Å². The molecule has 0 bridgehead atoms. The fraction of sp³-hybridized carbons (Fsp3) is 0.611. The van der Waals surface area contributed by atoms with Crippen molar-refractivity contribution in [3.63, 3.8) is 0 Å². The van der Waals surface area contributed by atoms with Gasteiger partial charge in [0, 0.05) is 19.7 Å². The first-order valence-electron chi connectivity index (χ1n) is 8.77. The van der Waals surface area contributed by atoms with E-state index in [-0.39, 0.29) is 18.2 Å². The van der Waals surface area contributed by atoms with Crippen molar-refractivity contribution in [2.75, 3.05) is 25.4 Å². The molecule has 6 nitrogen and oxygen atoms in total. The molecular formula is C18H25NO5S. The normalized spacial score (nSPS) is 26.6. The molecule has 1 aromatic rings. The Hall–Kier alpha value is -1.44. The quantitative estimate of drug-likeness (QED) is 0.712. The second-order valence-electron chi connectivity index (χ2n) is 7.05. The van der Waals surface area contributed by atoms with Crippen molar-refractivity contribution in [1.82, 2.24) is 4.31 Å². The lowest BCUT2D eigenvalue weighted by Gasteiger charge is -2.23. The van der Waals surface area contributed by atoms with Crippen LogP contribution >= 0.6 is 0 Å². The van der Waals surface area contributed by atoms with E-state index in [9.17, 15) is 18.3 Å². The molecule has 0 spiro atoms. The highest BCUT2D eigenvalue weighted by Crippen LogP contribution is 2.49. The van der Waals surface area contributed by atoms with Crippen LogP contribution in [0, 0.1) is 11.3 Å². The van der Waals surface area contributed by atoms with Crippen molar-refractivity contribution < 1.29 is 23.1 Å². The van der Waals surface area contributed by atoms with Crippen LogP contribution in [0.25, 0.3) is 0 Å². The SMILES string of the molecule is O=C(O)[C@@]12CCC[C@H]1CN(S(=O)(=O)CCCOCc1ccccc1)C2. The van der Waals surface area contributed by atoms with Crippen molar-refractivity contribution >= 4 is 16.0 Å². The van der Waals surface area contributed by atoms with E-state index in [1.807, 2.05) is 30.3 Å². The Morgan fingerprint density at radius 1 is 1.32 bits per heavy atom. The second kappa shape index (κ2) is 7.43. The van der Waals surface area contributed by atoms with Crippen LogP contribution < -0.4 is 0 Å². The van der Waals surface area contributed by atoms with E-state index >= 15 is 0 Å². The average Bonchev–Trinajstić information content (AvgIpc) is 3.14. The number of fused-ring (bicyclic) bond motifs is 1. The number of hydrogen-bond donors (Lipinski definition) is 1. The topological polar surface area (TPSA) is 83.9 Å². The highest BCUT2D eigenvalue weighted by Gasteiger charge is 2.56. The van der Waals surface area contributed by atoms with Crippen LogP contribution in [0.1, 0.15) is 31.2 Å². The van der Waals surface area contributed by atoms with E-state index in [1.54, 1.807) is 0 Å². The lowest BCUT2D eigenvalue weighted by atomic mass is 9.81. The molecule has 7 heteroatoms. The maximum atomic E-state index is 12.5. The van der Waals surface area contributed by atoms with Gasteiger partial charge >= 0.3 is 5.97 Å². The second-order valence-corrected chi connectivity index (χ2v) is 9.14. The molecule has 138 valence electrons. The summed E-state index contributed by atoms with van der Waals surface area (Å²) in [4.78, 5) is 11.7. The van der Waals surface area contributed by atoms with E-state index in [2.05, 4.69) is 0 Å². The molecule has 0 aromatic heterocycles. The van der Waals surface area contributed by atoms with Crippen LogP contribution in [-0.2, 0) is 26.2 Å². The van der Waals surface area contributed by atoms with Gasteiger partial charge in [-0.15, -0.1) is 0 Å². The summed E-state index contributed by atoms with van der Waals surface area (Å²) in [6.07, 6.45) is 2.67. The largest absolute Gasteiger partial charge is 0.481 e. The minimum Gasteiger partial charge on any atom is -0.481 e. The maximum Gasteiger partial charge on any atom is 0.311 e. The number of rotatable bonds is 8. The molecule has 3 rings (SSSR count). The molecule has 1 aromatic carbocycles. The molecule has 0 radical (unpaired) electrons. The fourth-order valence-electron chi connectivity index (χ4n) is 4.04. The molecule has 2 aliphatic rings. The predicted octanol–water partition coefficient (Wildman–Crippen LogP) is 2.11. The zero-order valence-corrected chi connectivity index (χ0v) is 15.1. The number of aliphatic carboxylic acids is 1. The van der Waals surface area contributed by atoms with Gasteiger partial charge in [0.2, 0.25) is 10.0 Å². The molecule has 0 unspecified atom stereocenters. The van der Waals surface area contributed by atoms with Gasteiger partial charge in [-0.05, 0) is 30.7 Å². The number of carboxylic acids is 1. The smallest absolute Gasteiger partial charge is 0.311 e. The Morgan fingerprint density at radius 2 is 2.08 bits per heavy atom. The van der Waals surface area contributed by atoms with E-state index in [0.717, 1.165) is 18.4 Å². The summed E-state index contributed by atoms with van der Waals surface area (Å²) >= 11 is 0. The molecule has 25 heavy (non-hydrogen) atoms. The number of carboxylic acid groups (broad SMARTS) is 1. The molecule has 1 saturated heterocycles. The molecule has 1 saturated carbocycles. The third kappa shape index (κ3) is 3.88. The summed E-state index contributed by atoms with van der Waals surface area (Å²) in [6, 6.07) is 9.74. The van der Waals surface area contributed by atoms with Gasteiger partial charge in [-0.1, -0.05) is 36.8 Å². The summed E-state index contributed by atoms with van der Waals surface area (Å²) < 4.78 is 32.0. The minimum absolute atomic E-state index is 0.00418. The fourth-order valence-corrected chi connectivity index (χ4v) is 5.62. The van der Waals surface area contributed by atoms with Crippen LogP contribution in [0.2, 0.25) is 0 Å². The minimum atomic E-state index is -3.43. The van der Waals surface area contributed by atoms with Crippen molar-refractivity contribution in [3.05, 3.63) is 35.9 Å². The standard InChI is InChI=1S/C18H25NO5S/c20-17(21)18-9-4-8-16(18)12-19(14-18)25(22,23)11-5-10-24-13-15-6-2-1-3-7-15/h1-3,6-7,16H,4-5,8-14H2,(H,20,21)/t16-,18+/m0/s1. The molecule has 2 fully saturated rings. The molecule has 1 heterocycles. The van der Waals surface area contributed by atoms with Gasteiger partial charge in [0.25, 0.3) is 0 Å². The summed E-state index contributed by atoms with van der Waals surface area (Å²) in [5.74, 6) is -0.891. The van der Waals surface area contributed by atoms with Crippen LogP contribution in [0.5, 0.6) is 0 Å². The van der Waals surface area contributed by atoms with Gasteiger partial charge in [-0.2, -0.15) is 0 Å². The molecular weight excluding hydrogens is 342 g/mol. The Bertz CT molecular complexity index is 705. The highest BCUT2D eigenvalue weighted by atomic mass is 32.2. The monoisotopic (exact) mass is 367 g/mol. The van der Waals surface area contributed by atoms with Gasteiger partial charge in [0.15, 0.2) is 0 Å². The maximum absolute atomic E-state index is 12.5. The number of nitrogens with zero attached hydrogens (tertiary/aromatic N) is 1. The summed E-state index contributed by atoms with van der Waals surface area (Å²) in [5, 5.41) is 9.57. The highest BCUT2D eigenvalue weighted by molar-refractivity contribution is 7.89. The number of sulfonamides is 1. The number of hydrogen-bond acceptors (Lipinski definition) is 4. The molecule has 1 aliphatic carbocycles. The Morgan fingerprint density at radius 3 is 2.76 bits per heavy atom. The summed E-state index contributed by atoms with van der Waals surface area (Å²) in [5.41, 5.74) is 0.192. The Kier molecular flexibility index (Phi) is 5.46. The van der Waals surface area contributed by atoms with Gasteiger partial charge in [0.05, 0.1) is 17.8 Å². The van der Waals surface area contributed by atoms with Gasteiger partial charge in [-0.25, -0.2) is 12.7 Å². The zero-order chi connectivity index (χ0) is 17.9.